The third-order valence-corrected chi connectivity index (χ3v) is 10.6. The summed E-state index contributed by atoms with van der Waals surface area (Å²) >= 11 is 0. The summed E-state index contributed by atoms with van der Waals surface area (Å²) in [5.74, 6) is 0. The molecular weight excluding hydrogens is 677 g/mol. The van der Waals surface area contributed by atoms with E-state index in [1.807, 2.05) is 0 Å². The molecule has 6 aromatic carbocycles. The average Bonchev–Trinajstić information content (AvgIpc) is 3.28. The van der Waals surface area contributed by atoms with Crippen molar-refractivity contribution in [1.29, 1.82) is 0 Å². The largest absolute Gasteiger partial charge is 0.317 e. The smallest absolute Gasteiger partial charge is 0.0493 e. The van der Waals surface area contributed by atoms with Crippen LogP contribution in [0.1, 0.15) is 39.0 Å². The van der Waals surface area contributed by atoms with E-state index >= 15 is 0 Å². The topological polar surface area (TPSA) is 6.48 Å². The molecule has 2 nitrogen and oxygen atoms in total. The molecule has 2 heteroatoms. The van der Waals surface area contributed by atoms with E-state index < -0.39 is 0 Å². The fourth-order valence-corrected chi connectivity index (χ4v) is 7.70. The number of para-hydroxylation sites is 2. The molecule has 0 fully saturated rings. The number of hydrogen-bond acceptors (Lipinski definition) is 2. The van der Waals surface area contributed by atoms with Crippen molar-refractivity contribution >= 4 is 22.7 Å². The van der Waals surface area contributed by atoms with Crippen LogP contribution >= 0.6 is 0 Å². The van der Waals surface area contributed by atoms with Crippen LogP contribution in [0.15, 0.2) is 241 Å². The lowest BCUT2D eigenvalue weighted by molar-refractivity contribution is 0.859. The average molecular weight is 725 g/mol. The predicted molar refractivity (Wildman–Crippen MR) is 239 cm³/mol. The summed E-state index contributed by atoms with van der Waals surface area (Å²) in [5.41, 5.74) is 16.2. The maximum atomic E-state index is 2.44. The minimum absolute atomic E-state index is 0.971. The molecule has 0 aromatic heterocycles. The minimum Gasteiger partial charge on any atom is -0.317 e. The van der Waals surface area contributed by atoms with E-state index in [9.17, 15) is 0 Å². The fraction of sp³-hybridized carbons (Fsp3) is 0.111. The fourth-order valence-electron chi connectivity index (χ4n) is 7.70. The number of hydrogen-bond donors (Lipinski definition) is 0. The Morgan fingerprint density at radius 1 is 0.518 bits per heavy atom. The molecule has 0 aliphatic heterocycles. The molecule has 0 spiro atoms. The standard InChI is InChI=1S/C54H48N2/c1-2-3-18-48(41-55(49-23-12-6-13-24-49)50-37-33-44(34-38-50)42-19-8-4-9-20-42)46-29-31-47(32-30-46)53-27-16-17-28-54(53)56(51-25-14-7-15-26-51)52-39-35-45(36-40-52)43-21-10-5-11-22-43/h3-15,17-26,28-29,31,33-41H,2,16,27,30,32H2,1H3/b18-3-,48-41-. The van der Waals surface area contributed by atoms with E-state index in [1.165, 1.54) is 55.9 Å². The van der Waals surface area contributed by atoms with Gasteiger partial charge in [0.1, 0.15) is 0 Å². The molecule has 0 atom stereocenters. The highest BCUT2D eigenvalue weighted by Crippen LogP contribution is 2.41. The summed E-state index contributed by atoms with van der Waals surface area (Å²) in [7, 11) is 0. The molecular formula is C54H48N2. The Balaban J connectivity index is 1.15. The summed E-state index contributed by atoms with van der Waals surface area (Å²) in [5, 5.41) is 0. The van der Waals surface area contributed by atoms with Gasteiger partial charge < -0.3 is 9.80 Å². The monoisotopic (exact) mass is 724 g/mol. The summed E-state index contributed by atoms with van der Waals surface area (Å²) in [4.78, 5) is 4.77. The van der Waals surface area contributed by atoms with Crippen LogP contribution in [0.4, 0.5) is 22.7 Å². The Hall–Kier alpha value is -6.64. The second kappa shape index (κ2) is 17.7. The quantitative estimate of drug-likeness (QED) is 0.116. The Kier molecular flexibility index (Phi) is 11.5. The van der Waals surface area contributed by atoms with Crippen molar-refractivity contribution < 1.29 is 0 Å². The van der Waals surface area contributed by atoms with Crippen LogP contribution in [0, 0.1) is 0 Å². The lowest BCUT2D eigenvalue weighted by Gasteiger charge is -2.32. The molecule has 0 saturated heterocycles. The van der Waals surface area contributed by atoms with Gasteiger partial charge in [0.25, 0.3) is 0 Å². The molecule has 0 bridgehead atoms. The van der Waals surface area contributed by atoms with Crippen molar-refractivity contribution in [3.63, 3.8) is 0 Å². The molecule has 56 heavy (non-hydrogen) atoms. The molecule has 0 amide bonds. The lowest BCUT2D eigenvalue weighted by Crippen LogP contribution is -2.19. The number of rotatable bonds is 12. The molecule has 0 N–H and O–H groups in total. The van der Waals surface area contributed by atoms with E-state index in [4.69, 9.17) is 0 Å². The molecule has 2 aliphatic carbocycles. The Labute approximate surface area is 333 Å². The van der Waals surface area contributed by atoms with E-state index in [2.05, 4.69) is 229 Å². The first-order valence-electron chi connectivity index (χ1n) is 19.9. The first kappa shape index (κ1) is 36.3. The third-order valence-electron chi connectivity index (χ3n) is 10.6. The Bertz CT molecular complexity index is 2400. The van der Waals surface area contributed by atoms with Gasteiger partial charge in [-0.3, -0.25) is 0 Å². The van der Waals surface area contributed by atoms with Gasteiger partial charge in [-0.2, -0.15) is 0 Å². The lowest BCUT2D eigenvalue weighted by atomic mass is 9.85. The summed E-state index contributed by atoms with van der Waals surface area (Å²) in [6, 6.07) is 60.7. The van der Waals surface area contributed by atoms with Crippen LogP contribution in [-0.4, -0.2) is 0 Å². The zero-order valence-electron chi connectivity index (χ0n) is 32.1. The number of nitrogens with zero attached hydrogens (tertiary/aromatic N) is 2. The van der Waals surface area contributed by atoms with Gasteiger partial charge in [-0.1, -0.05) is 159 Å². The van der Waals surface area contributed by atoms with Crippen LogP contribution in [0.2, 0.25) is 0 Å². The van der Waals surface area contributed by atoms with Crippen molar-refractivity contribution in [2.45, 2.75) is 39.0 Å². The van der Waals surface area contributed by atoms with Gasteiger partial charge in [0.2, 0.25) is 0 Å². The summed E-state index contributed by atoms with van der Waals surface area (Å²) in [6.07, 6.45) is 21.4. The SMILES string of the molecule is CC/C=C\C(=C\N(c1ccccc1)c1ccc(-c2ccccc2)cc1)C1=CC=C(C2=C(N(c3ccccc3)c3ccc(-c4ccccc4)cc3)C=CCC2)CC1. The van der Waals surface area contributed by atoms with E-state index in [0.717, 1.165) is 49.2 Å². The van der Waals surface area contributed by atoms with Crippen LogP contribution in [0.3, 0.4) is 0 Å². The zero-order valence-corrected chi connectivity index (χ0v) is 32.1. The van der Waals surface area contributed by atoms with Gasteiger partial charge in [0.05, 0.1) is 0 Å². The molecule has 0 radical (unpaired) electrons. The van der Waals surface area contributed by atoms with Crippen molar-refractivity contribution in [2.24, 2.45) is 0 Å². The van der Waals surface area contributed by atoms with Crippen LogP contribution in [0.25, 0.3) is 22.3 Å². The third kappa shape index (κ3) is 8.36. The maximum Gasteiger partial charge on any atom is 0.0493 e. The van der Waals surface area contributed by atoms with Gasteiger partial charge in [-0.15, -0.1) is 0 Å². The van der Waals surface area contributed by atoms with Gasteiger partial charge in [0, 0.05) is 34.6 Å². The number of benzene rings is 6. The molecule has 6 aromatic rings. The molecule has 0 heterocycles. The second-order valence-corrected chi connectivity index (χ2v) is 14.3. The molecule has 0 unspecified atom stereocenters. The van der Waals surface area contributed by atoms with Gasteiger partial charge in [0.15, 0.2) is 0 Å². The van der Waals surface area contributed by atoms with Crippen LogP contribution in [-0.2, 0) is 0 Å². The molecule has 0 saturated carbocycles. The maximum absolute atomic E-state index is 2.44. The van der Waals surface area contributed by atoms with Crippen molar-refractivity contribution in [3.8, 4) is 22.3 Å². The first-order valence-corrected chi connectivity index (χ1v) is 19.9. The highest BCUT2D eigenvalue weighted by molar-refractivity contribution is 5.76. The van der Waals surface area contributed by atoms with Gasteiger partial charge in [-0.25, -0.2) is 0 Å². The van der Waals surface area contributed by atoms with Crippen molar-refractivity contribution in [3.05, 3.63) is 241 Å². The van der Waals surface area contributed by atoms with Crippen LogP contribution < -0.4 is 9.80 Å². The van der Waals surface area contributed by atoms with E-state index in [-0.39, 0.29) is 0 Å². The second-order valence-electron chi connectivity index (χ2n) is 14.3. The van der Waals surface area contributed by atoms with Crippen molar-refractivity contribution in [1.82, 2.24) is 0 Å². The number of allylic oxidation sites excluding steroid dienone is 10. The Morgan fingerprint density at radius 3 is 1.57 bits per heavy atom. The van der Waals surface area contributed by atoms with Gasteiger partial charge in [-0.05, 0) is 131 Å². The zero-order chi connectivity index (χ0) is 37.9. The normalized spacial score (nSPS) is 14.4. The van der Waals surface area contributed by atoms with Crippen LogP contribution in [0.5, 0.6) is 0 Å². The van der Waals surface area contributed by atoms with E-state index in [0.29, 0.717) is 0 Å². The molecule has 8 rings (SSSR count). The molecule has 274 valence electrons. The highest BCUT2D eigenvalue weighted by atomic mass is 15.1. The van der Waals surface area contributed by atoms with Crippen molar-refractivity contribution in [2.75, 3.05) is 9.80 Å². The first-order chi connectivity index (χ1) is 27.7. The minimum atomic E-state index is 0.971. The molecule has 2 aliphatic rings. The highest BCUT2D eigenvalue weighted by Gasteiger charge is 2.23. The number of anilines is 4. The predicted octanol–water partition coefficient (Wildman–Crippen LogP) is 15.1. The van der Waals surface area contributed by atoms with Gasteiger partial charge >= 0.3 is 0 Å². The Morgan fingerprint density at radius 2 is 1.02 bits per heavy atom. The van der Waals surface area contributed by atoms with E-state index in [1.54, 1.807) is 0 Å². The summed E-state index contributed by atoms with van der Waals surface area (Å²) < 4.78 is 0. The summed E-state index contributed by atoms with van der Waals surface area (Å²) in [6.45, 7) is 2.21.